The molecule has 1 aromatic rings. The smallest absolute Gasteiger partial charge is 0.311 e. The van der Waals surface area contributed by atoms with Gasteiger partial charge in [-0.15, -0.1) is 12.4 Å². The van der Waals surface area contributed by atoms with Gasteiger partial charge < -0.3 is 19.7 Å². The summed E-state index contributed by atoms with van der Waals surface area (Å²) >= 11 is 0. The van der Waals surface area contributed by atoms with Crippen molar-refractivity contribution in [3.05, 3.63) is 28.3 Å². The first-order valence-electron chi connectivity index (χ1n) is 7.52. The first-order valence-corrected chi connectivity index (χ1v) is 7.52. The van der Waals surface area contributed by atoms with Gasteiger partial charge in [-0.3, -0.25) is 14.9 Å². The van der Waals surface area contributed by atoms with Gasteiger partial charge in [-0.05, 0) is 17.9 Å². The molecule has 0 bridgehead atoms. The molecular formula is C15H20ClN3O5. The fourth-order valence-electron chi connectivity index (χ4n) is 3.19. The van der Waals surface area contributed by atoms with Gasteiger partial charge in [0.25, 0.3) is 5.91 Å². The largest absolute Gasteiger partial charge is 0.490 e. The molecule has 8 nitrogen and oxygen atoms in total. The third-order valence-corrected chi connectivity index (χ3v) is 4.45. The van der Waals surface area contributed by atoms with Crippen molar-refractivity contribution < 1.29 is 19.2 Å². The highest BCUT2D eigenvalue weighted by atomic mass is 35.5. The number of likely N-dealkylation sites (tertiary alicyclic amines) is 1. The van der Waals surface area contributed by atoms with Crippen molar-refractivity contribution in [2.45, 2.75) is 0 Å². The van der Waals surface area contributed by atoms with Crippen molar-refractivity contribution in [2.75, 3.05) is 39.9 Å². The van der Waals surface area contributed by atoms with Gasteiger partial charge >= 0.3 is 5.69 Å². The Balaban J connectivity index is 0.00000208. The molecule has 0 saturated carbocycles. The van der Waals surface area contributed by atoms with E-state index in [1.165, 1.54) is 25.3 Å². The zero-order chi connectivity index (χ0) is 16.4. The van der Waals surface area contributed by atoms with E-state index in [2.05, 4.69) is 5.32 Å². The predicted molar refractivity (Wildman–Crippen MR) is 88.8 cm³/mol. The molecule has 0 unspecified atom stereocenters. The summed E-state index contributed by atoms with van der Waals surface area (Å²) in [6.45, 7) is 3.39. The van der Waals surface area contributed by atoms with Crippen LogP contribution >= 0.6 is 12.4 Å². The summed E-state index contributed by atoms with van der Waals surface area (Å²) in [6.07, 6.45) is 0. The Morgan fingerprint density at radius 2 is 2.04 bits per heavy atom. The Bertz CT molecular complexity index is 615. The van der Waals surface area contributed by atoms with Crippen LogP contribution in [0, 0.1) is 22.0 Å². The molecule has 0 radical (unpaired) electrons. The number of nitro groups is 1. The summed E-state index contributed by atoms with van der Waals surface area (Å²) in [7, 11) is 1.36. The average Bonchev–Trinajstić information content (AvgIpc) is 3.13. The fourth-order valence-corrected chi connectivity index (χ4v) is 3.19. The lowest BCUT2D eigenvalue weighted by Crippen LogP contribution is -2.35. The maximum atomic E-state index is 12.2. The van der Waals surface area contributed by atoms with Gasteiger partial charge in [0.1, 0.15) is 5.75 Å². The van der Waals surface area contributed by atoms with Crippen molar-refractivity contribution in [3.63, 3.8) is 0 Å². The number of hydrogen-bond acceptors (Lipinski definition) is 6. The molecule has 1 aromatic carbocycles. The molecule has 0 spiro atoms. The minimum atomic E-state index is -0.523. The number of amides is 1. The molecule has 1 amide bonds. The number of hydrogen-bond donors (Lipinski definition) is 1. The molecule has 2 atom stereocenters. The molecule has 9 heteroatoms. The Hall–Kier alpha value is -2.06. The van der Waals surface area contributed by atoms with E-state index in [9.17, 15) is 14.9 Å². The quantitative estimate of drug-likeness (QED) is 0.626. The van der Waals surface area contributed by atoms with Crippen LogP contribution in [0.4, 0.5) is 5.69 Å². The second-order valence-corrected chi connectivity index (χ2v) is 5.86. The van der Waals surface area contributed by atoms with E-state index in [1.54, 1.807) is 0 Å². The summed E-state index contributed by atoms with van der Waals surface area (Å²) in [6, 6.07) is 4.20. The highest BCUT2D eigenvalue weighted by molar-refractivity contribution is 5.85. The molecule has 2 aliphatic rings. The van der Waals surface area contributed by atoms with Gasteiger partial charge in [-0.25, -0.2) is 0 Å². The van der Waals surface area contributed by atoms with Gasteiger partial charge in [0.15, 0.2) is 6.61 Å². The van der Waals surface area contributed by atoms with Gasteiger partial charge in [-0.1, -0.05) is 0 Å². The van der Waals surface area contributed by atoms with E-state index in [4.69, 9.17) is 9.47 Å². The lowest BCUT2D eigenvalue weighted by Gasteiger charge is -2.17. The highest BCUT2D eigenvalue weighted by Gasteiger charge is 2.38. The van der Waals surface area contributed by atoms with Crippen molar-refractivity contribution >= 4 is 24.0 Å². The van der Waals surface area contributed by atoms with Crippen LogP contribution < -0.4 is 14.8 Å². The maximum Gasteiger partial charge on any atom is 0.311 e. The zero-order valence-corrected chi connectivity index (χ0v) is 14.1. The topological polar surface area (TPSA) is 93.9 Å². The van der Waals surface area contributed by atoms with E-state index < -0.39 is 4.92 Å². The molecule has 0 aromatic heterocycles. The zero-order valence-electron chi connectivity index (χ0n) is 13.3. The molecule has 2 fully saturated rings. The number of methoxy groups -OCH3 is 1. The lowest BCUT2D eigenvalue weighted by atomic mass is 10.0. The number of nitrogens with one attached hydrogen (secondary N) is 1. The lowest BCUT2D eigenvalue weighted by molar-refractivity contribution is -0.385. The van der Waals surface area contributed by atoms with Crippen LogP contribution in [0.1, 0.15) is 0 Å². The molecule has 24 heavy (non-hydrogen) atoms. The number of rotatable bonds is 5. The van der Waals surface area contributed by atoms with Gasteiger partial charge in [-0.2, -0.15) is 0 Å². The van der Waals surface area contributed by atoms with Crippen LogP contribution in [0.2, 0.25) is 0 Å². The minimum Gasteiger partial charge on any atom is -0.490 e. The number of carbonyl (C=O) groups is 1. The van der Waals surface area contributed by atoms with Crippen LogP contribution in [-0.2, 0) is 4.79 Å². The van der Waals surface area contributed by atoms with E-state index in [1.807, 2.05) is 4.90 Å². The van der Waals surface area contributed by atoms with Crippen LogP contribution in [0.15, 0.2) is 18.2 Å². The van der Waals surface area contributed by atoms with E-state index in [0.29, 0.717) is 17.6 Å². The molecule has 2 aliphatic heterocycles. The van der Waals surface area contributed by atoms with E-state index in [-0.39, 0.29) is 36.4 Å². The third-order valence-electron chi connectivity index (χ3n) is 4.45. The normalized spacial score (nSPS) is 21.8. The number of fused-ring (bicyclic) bond motifs is 1. The fraction of sp³-hybridized carbons (Fsp3) is 0.533. The van der Waals surface area contributed by atoms with Crippen LogP contribution in [0.5, 0.6) is 11.5 Å². The second kappa shape index (κ2) is 7.67. The van der Waals surface area contributed by atoms with Crippen molar-refractivity contribution in [1.82, 2.24) is 10.2 Å². The number of carbonyl (C=O) groups excluding carboxylic acids is 1. The predicted octanol–water partition coefficient (Wildman–Crippen LogP) is 1.08. The Morgan fingerprint density at radius 3 is 2.62 bits per heavy atom. The summed E-state index contributed by atoms with van der Waals surface area (Å²) in [5, 5.41) is 14.2. The van der Waals surface area contributed by atoms with Gasteiger partial charge in [0.2, 0.25) is 5.75 Å². The average molecular weight is 358 g/mol. The first-order chi connectivity index (χ1) is 11.1. The molecule has 0 aliphatic carbocycles. The molecule has 2 heterocycles. The van der Waals surface area contributed by atoms with Crippen LogP contribution in [-0.4, -0.2) is 55.6 Å². The number of nitrogens with zero attached hydrogens (tertiary/aromatic N) is 2. The number of nitro benzene ring substituents is 1. The molecule has 3 rings (SSSR count). The van der Waals surface area contributed by atoms with Crippen LogP contribution in [0.25, 0.3) is 0 Å². The Labute approximate surface area is 145 Å². The summed E-state index contributed by atoms with van der Waals surface area (Å²) in [5.74, 6) is 1.51. The summed E-state index contributed by atoms with van der Waals surface area (Å²) in [4.78, 5) is 24.4. The Kier molecular flexibility index (Phi) is 5.84. The van der Waals surface area contributed by atoms with E-state index >= 15 is 0 Å². The summed E-state index contributed by atoms with van der Waals surface area (Å²) in [5.41, 5.74) is -0.133. The highest BCUT2D eigenvalue weighted by Crippen LogP contribution is 2.31. The van der Waals surface area contributed by atoms with Crippen LogP contribution in [0.3, 0.4) is 0 Å². The number of ether oxygens (including phenoxy) is 2. The first kappa shape index (κ1) is 18.3. The van der Waals surface area contributed by atoms with E-state index in [0.717, 1.165) is 26.2 Å². The third kappa shape index (κ3) is 3.70. The molecule has 1 N–H and O–H groups in total. The minimum absolute atomic E-state index is 0. The standard InChI is InChI=1S/C15H19N3O5.ClH/c1-22-14-4-12(2-3-13(14)18(20)21)23-9-15(19)17-7-10-5-16-6-11(10)8-17;/h2-4,10-11,16H,5-9H2,1H3;1H/t10-,11+;. The van der Waals surface area contributed by atoms with Gasteiger partial charge in [0.05, 0.1) is 12.0 Å². The monoisotopic (exact) mass is 357 g/mol. The molecule has 132 valence electrons. The second-order valence-electron chi connectivity index (χ2n) is 5.86. The molecule has 2 saturated heterocycles. The SMILES string of the molecule is COc1cc(OCC(=O)N2C[C@H]3CNC[C@H]3C2)ccc1[N+](=O)[O-].Cl. The van der Waals surface area contributed by atoms with Gasteiger partial charge in [0, 0.05) is 38.3 Å². The number of halogens is 1. The number of benzene rings is 1. The van der Waals surface area contributed by atoms with Crippen molar-refractivity contribution in [1.29, 1.82) is 0 Å². The Morgan fingerprint density at radius 1 is 1.38 bits per heavy atom. The maximum absolute atomic E-state index is 12.2. The summed E-state index contributed by atoms with van der Waals surface area (Å²) < 4.78 is 10.5. The molecular weight excluding hydrogens is 338 g/mol. The van der Waals surface area contributed by atoms with Crippen molar-refractivity contribution in [3.8, 4) is 11.5 Å². The van der Waals surface area contributed by atoms with Crippen molar-refractivity contribution in [2.24, 2.45) is 11.8 Å².